The highest BCUT2D eigenvalue weighted by Crippen LogP contribution is 2.20. The third-order valence-electron chi connectivity index (χ3n) is 2.94. The first-order chi connectivity index (χ1) is 10.1. The molecule has 2 N–H and O–H groups in total. The molecule has 0 atom stereocenters. The number of fused-ring (bicyclic) bond motifs is 1. The normalized spacial score (nSPS) is 10.4. The number of amides is 2. The minimum atomic E-state index is -0.405. The lowest BCUT2D eigenvalue weighted by Crippen LogP contribution is -2.45. The number of hydrazine groups is 1. The highest BCUT2D eigenvalue weighted by atomic mass is 16.5. The first-order valence-electron chi connectivity index (χ1n) is 6.76. The van der Waals surface area contributed by atoms with Gasteiger partial charge in [-0.2, -0.15) is 0 Å². The van der Waals surface area contributed by atoms with Gasteiger partial charge in [-0.1, -0.05) is 44.2 Å². The Labute approximate surface area is 123 Å². The van der Waals surface area contributed by atoms with E-state index in [1.165, 1.54) is 0 Å². The Morgan fingerprint density at radius 3 is 2.48 bits per heavy atom. The summed E-state index contributed by atoms with van der Waals surface area (Å²) in [6, 6.07) is 13.5. The molecule has 0 radical (unpaired) electrons. The number of hydrogen-bond acceptors (Lipinski definition) is 3. The molecule has 2 rings (SSSR count). The molecular formula is C16H18N2O3. The van der Waals surface area contributed by atoms with Gasteiger partial charge in [0.25, 0.3) is 5.91 Å². The second kappa shape index (κ2) is 6.74. The minimum Gasteiger partial charge on any atom is -0.484 e. The maximum Gasteiger partial charge on any atom is 0.276 e. The van der Waals surface area contributed by atoms with Gasteiger partial charge in [0.05, 0.1) is 0 Å². The highest BCUT2D eigenvalue weighted by molar-refractivity contribution is 5.85. The molecule has 110 valence electrons. The lowest BCUT2D eigenvalue weighted by molar-refractivity contribution is -0.131. The molecule has 0 saturated carbocycles. The number of carbonyl (C=O) groups is 2. The molecule has 0 aliphatic heterocycles. The van der Waals surface area contributed by atoms with Crippen LogP contribution in [-0.2, 0) is 9.59 Å². The quantitative estimate of drug-likeness (QED) is 0.845. The zero-order valence-corrected chi connectivity index (χ0v) is 12.1. The molecule has 0 aliphatic carbocycles. The van der Waals surface area contributed by atoms with Crippen molar-refractivity contribution < 1.29 is 14.3 Å². The third-order valence-corrected chi connectivity index (χ3v) is 2.94. The van der Waals surface area contributed by atoms with Crippen LogP contribution in [0.1, 0.15) is 13.8 Å². The Hall–Kier alpha value is -2.56. The van der Waals surface area contributed by atoms with E-state index in [2.05, 4.69) is 10.9 Å². The van der Waals surface area contributed by atoms with Crippen molar-refractivity contribution in [3.8, 4) is 5.75 Å². The molecule has 5 nitrogen and oxygen atoms in total. The van der Waals surface area contributed by atoms with Crippen molar-refractivity contribution in [3.63, 3.8) is 0 Å². The van der Waals surface area contributed by atoms with Gasteiger partial charge in [0, 0.05) is 5.92 Å². The van der Waals surface area contributed by atoms with E-state index in [0.29, 0.717) is 5.75 Å². The Morgan fingerprint density at radius 1 is 1.05 bits per heavy atom. The van der Waals surface area contributed by atoms with Crippen LogP contribution in [-0.4, -0.2) is 18.4 Å². The first-order valence-corrected chi connectivity index (χ1v) is 6.76. The maximum absolute atomic E-state index is 11.6. The largest absolute Gasteiger partial charge is 0.484 e. The fourth-order valence-corrected chi connectivity index (χ4v) is 1.72. The number of rotatable bonds is 4. The molecule has 2 aromatic rings. The Bertz CT molecular complexity index is 653. The standard InChI is InChI=1S/C16H18N2O3/c1-11(2)16(20)18-17-15(19)10-21-14-8-7-12-5-3-4-6-13(12)9-14/h3-9,11H,10H2,1-2H3,(H,17,19)(H,18,20). The van der Waals surface area contributed by atoms with Crippen molar-refractivity contribution in [1.82, 2.24) is 10.9 Å². The number of nitrogens with one attached hydrogen (secondary N) is 2. The van der Waals surface area contributed by atoms with Crippen molar-refractivity contribution in [2.24, 2.45) is 5.92 Å². The van der Waals surface area contributed by atoms with Gasteiger partial charge in [-0.3, -0.25) is 20.4 Å². The van der Waals surface area contributed by atoms with Crippen molar-refractivity contribution in [2.75, 3.05) is 6.61 Å². The summed E-state index contributed by atoms with van der Waals surface area (Å²) in [5, 5.41) is 2.15. The predicted octanol–water partition coefficient (Wildman–Crippen LogP) is 2.02. The SMILES string of the molecule is CC(C)C(=O)NNC(=O)COc1ccc2ccccc2c1. The van der Waals surface area contributed by atoms with Crippen LogP contribution in [0.4, 0.5) is 0 Å². The molecule has 21 heavy (non-hydrogen) atoms. The molecule has 0 spiro atoms. The van der Waals surface area contributed by atoms with Gasteiger partial charge >= 0.3 is 0 Å². The van der Waals surface area contributed by atoms with E-state index in [0.717, 1.165) is 10.8 Å². The Kier molecular flexibility index (Phi) is 4.77. The van der Waals surface area contributed by atoms with E-state index < -0.39 is 5.91 Å². The van der Waals surface area contributed by atoms with Crippen molar-refractivity contribution in [2.45, 2.75) is 13.8 Å². The van der Waals surface area contributed by atoms with Crippen LogP contribution >= 0.6 is 0 Å². The van der Waals surface area contributed by atoms with E-state index in [9.17, 15) is 9.59 Å². The fraction of sp³-hybridized carbons (Fsp3) is 0.250. The number of hydrogen-bond donors (Lipinski definition) is 2. The van der Waals surface area contributed by atoms with Crippen LogP contribution in [0.25, 0.3) is 10.8 Å². The van der Waals surface area contributed by atoms with Gasteiger partial charge in [-0.25, -0.2) is 0 Å². The predicted molar refractivity (Wildman–Crippen MR) is 80.6 cm³/mol. The maximum atomic E-state index is 11.6. The van der Waals surface area contributed by atoms with Gasteiger partial charge in [0.15, 0.2) is 6.61 Å². The number of benzene rings is 2. The lowest BCUT2D eigenvalue weighted by Gasteiger charge is -2.10. The zero-order chi connectivity index (χ0) is 15.2. The molecule has 0 aromatic heterocycles. The van der Waals surface area contributed by atoms with Gasteiger partial charge in [0.1, 0.15) is 5.75 Å². The van der Waals surface area contributed by atoms with Crippen molar-refractivity contribution >= 4 is 22.6 Å². The van der Waals surface area contributed by atoms with Crippen molar-refractivity contribution in [1.29, 1.82) is 0 Å². The van der Waals surface area contributed by atoms with Crippen LogP contribution in [0.5, 0.6) is 5.75 Å². The van der Waals surface area contributed by atoms with E-state index in [4.69, 9.17) is 4.74 Å². The third kappa shape index (κ3) is 4.21. The van der Waals surface area contributed by atoms with Gasteiger partial charge in [0.2, 0.25) is 5.91 Å². The van der Waals surface area contributed by atoms with E-state index in [1.54, 1.807) is 13.8 Å². The average Bonchev–Trinajstić information content (AvgIpc) is 2.50. The molecule has 5 heteroatoms. The summed E-state index contributed by atoms with van der Waals surface area (Å²) >= 11 is 0. The summed E-state index contributed by atoms with van der Waals surface area (Å²) in [6.07, 6.45) is 0. The smallest absolute Gasteiger partial charge is 0.276 e. The molecule has 0 fully saturated rings. The van der Waals surface area contributed by atoms with Gasteiger partial charge in [-0.05, 0) is 22.9 Å². The zero-order valence-electron chi connectivity index (χ0n) is 12.1. The summed E-state index contributed by atoms with van der Waals surface area (Å²) < 4.78 is 5.41. The second-order valence-corrected chi connectivity index (χ2v) is 4.99. The Balaban J connectivity index is 1.86. The van der Waals surface area contributed by atoms with Crippen LogP contribution < -0.4 is 15.6 Å². The summed E-state index contributed by atoms with van der Waals surface area (Å²) in [5.41, 5.74) is 4.64. The molecule has 0 aliphatic rings. The van der Waals surface area contributed by atoms with Crippen LogP contribution in [0.3, 0.4) is 0 Å². The van der Waals surface area contributed by atoms with Gasteiger partial charge in [-0.15, -0.1) is 0 Å². The molecule has 0 unspecified atom stereocenters. The fourth-order valence-electron chi connectivity index (χ4n) is 1.72. The lowest BCUT2D eigenvalue weighted by atomic mass is 10.1. The van der Waals surface area contributed by atoms with Crippen LogP contribution in [0.2, 0.25) is 0 Å². The highest BCUT2D eigenvalue weighted by Gasteiger charge is 2.08. The molecular weight excluding hydrogens is 268 g/mol. The van der Waals surface area contributed by atoms with Gasteiger partial charge < -0.3 is 4.74 Å². The summed E-state index contributed by atoms with van der Waals surface area (Å²) in [4.78, 5) is 22.9. The first kappa shape index (κ1) is 14.8. The number of carbonyl (C=O) groups excluding carboxylic acids is 2. The molecule has 2 aromatic carbocycles. The summed E-state index contributed by atoms with van der Waals surface area (Å²) in [5.74, 6) is -0.225. The monoisotopic (exact) mass is 286 g/mol. The second-order valence-electron chi connectivity index (χ2n) is 4.99. The summed E-state index contributed by atoms with van der Waals surface area (Å²) in [7, 11) is 0. The average molecular weight is 286 g/mol. The molecule has 0 heterocycles. The van der Waals surface area contributed by atoms with Crippen LogP contribution in [0, 0.1) is 5.92 Å². The number of ether oxygens (including phenoxy) is 1. The van der Waals surface area contributed by atoms with E-state index in [-0.39, 0.29) is 18.4 Å². The van der Waals surface area contributed by atoms with E-state index >= 15 is 0 Å². The molecule has 0 bridgehead atoms. The van der Waals surface area contributed by atoms with E-state index in [1.807, 2.05) is 42.5 Å². The van der Waals surface area contributed by atoms with Crippen molar-refractivity contribution in [3.05, 3.63) is 42.5 Å². The Morgan fingerprint density at radius 2 is 1.76 bits per heavy atom. The molecule has 2 amide bonds. The summed E-state index contributed by atoms with van der Waals surface area (Å²) in [6.45, 7) is 3.33. The minimum absolute atomic E-state index is 0.156. The topological polar surface area (TPSA) is 67.4 Å². The van der Waals surface area contributed by atoms with Crippen LogP contribution in [0.15, 0.2) is 42.5 Å². The molecule has 0 saturated heterocycles.